The second kappa shape index (κ2) is 12.0. The molecule has 6 nitrogen and oxygen atoms in total. The summed E-state index contributed by atoms with van der Waals surface area (Å²) in [6, 6.07) is 15.1. The van der Waals surface area contributed by atoms with Crippen LogP contribution in [0.25, 0.3) is 0 Å². The molecule has 200 valence electrons. The Morgan fingerprint density at radius 2 is 1.78 bits per heavy atom. The predicted octanol–water partition coefficient (Wildman–Crippen LogP) is 6.66. The lowest BCUT2D eigenvalue weighted by atomic mass is 9.95. The fourth-order valence-corrected chi connectivity index (χ4v) is 4.63. The number of ether oxygens (including phenoxy) is 1. The first-order valence-corrected chi connectivity index (χ1v) is 16.5. The van der Waals surface area contributed by atoms with Gasteiger partial charge >= 0.3 is 0 Å². The number of halogens is 1. The first-order valence-electron chi connectivity index (χ1n) is 12.8. The molecule has 37 heavy (non-hydrogen) atoms. The van der Waals surface area contributed by atoms with E-state index in [-0.39, 0.29) is 16.9 Å². The van der Waals surface area contributed by atoms with Crippen molar-refractivity contribution in [1.29, 1.82) is 0 Å². The van der Waals surface area contributed by atoms with Gasteiger partial charge in [-0.25, -0.2) is 9.37 Å². The Kier molecular flexibility index (Phi) is 9.31. The maximum Gasteiger partial charge on any atom is 0.261 e. The van der Waals surface area contributed by atoms with Gasteiger partial charge in [-0.3, -0.25) is 4.79 Å². The van der Waals surface area contributed by atoms with E-state index in [0.717, 1.165) is 29.7 Å². The van der Waals surface area contributed by atoms with Gasteiger partial charge in [0, 0.05) is 45.8 Å². The van der Waals surface area contributed by atoms with Gasteiger partial charge in [-0.1, -0.05) is 58.6 Å². The van der Waals surface area contributed by atoms with E-state index in [4.69, 9.17) is 4.74 Å². The second-order valence-corrected chi connectivity index (χ2v) is 17.7. The summed E-state index contributed by atoms with van der Waals surface area (Å²) in [7, 11) is 0.891. The van der Waals surface area contributed by atoms with Gasteiger partial charge in [0.05, 0.1) is 24.1 Å². The standard InChI is InChI=1S/C29H41FN4O2Si/c1-29(2,3)20-34(28(35)26-13-8-9-14-27(26)30)25-12-10-11-24(17-25)32(4)18-23-19-33(21-31-23)22-36-15-16-37(5,6)7/h8-14,17,19,21H,15-16,18,20,22H2,1-7H3. The van der Waals surface area contributed by atoms with E-state index in [9.17, 15) is 9.18 Å². The summed E-state index contributed by atoms with van der Waals surface area (Å²) < 4.78 is 22.3. The van der Waals surface area contributed by atoms with Crippen molar-refractivity contribution >= 4 is 25.4 Å². The Bertz CT molecular complexity index is 1180. The van der Waals surface area contributed by atoms with Crippen LogP contribution < -0.4 is 9.80 Å². The van der Waals surface area contributed by atoms with Crippen molar-refractivity contribution in [3.05, 3.63) is 78.1 Å². The molecule has 0 atom stereocenters. The molecular weight excluding hydrogens is 483 g/mol. The lowest BCUT2D eigenvalue weighted by Gasteiger charge is -2.31. The van der Waals surface area contributed by atoms with E-state index < -0.39 is 13.9 Å². The fourth-order valence-electron chi connectivity index (χ4n) is 3.87. The highest BCUT2D eigenvalue weighted by molar-refractivity contribution is 6.76. The van der Waals surface area contributed by atoms with Crippen LogP contribution in [-0.2, 0) is 18.0 Å². The molecule has 1 amide bonds. The molecule has 0 bridgehead atoms. The lowest BCUT2D eigenvalue weighted by Crippen LogP contribution is -2.38. The van der Waals surface area contributed by atoms with Gasteiger partial charge in [0.1, 0.15) is 12.5 Å². The SMILES string of the molecule is CN(Cc1cn(COCC[Si](C)(C)C)cn1)c1cccc(N(CC(C)(C)C)C(=O)c2ccccc2F)c1. The number of rotatable bonds is 11. The van der Waals surface area contributed by atoms with Gasteiger partial charge in [-0.2, -0.15) is 0 Å². The minimum absolute atomic E-state index is 0.0723. The zero-order valence-electron chi connectivity index (χ0n) is 23.3. The van der Waals surface area contributed by atoms with Crippen molar-refractivity contribution in [2.24, 2.45) is 5.41 Å². The molecule has 0 radical (unpaired) electrons. The Balaban J connectivity index is 1.73. The third kappa shape index (κ3) is 8.82. The molecule has 0 spiro atoms. The minimum atomic E-state index is -1.10. The molecule has 3 aromatic rings. The first-order chi connectivity index (χ1) is 17.3. The first kappa shape index (κ1) is 28.6. The van der Waals surface area contributed by atoms with E-state index in [1.807, 2.05) is 42.1 Å². The number of carbonyl (C=O) groups is 1. The summed E-state index contributed by atoms with van der Waals surface area (Å²) in [6.07, 6.45) is 3.80. The molecule has 1 heterocycles. The number of imidazole rings is 1. The number of amides is 1. The number of carbonyl (C=O) groups excluding carboxylic acids is 1. The molecule has 1 aromatic heterocycles. The van der Waals surface area contributed by atoms with Crippen LogP contribution in [0, 0.1) is 11.2 Å². The van der Waals surface area contributed by atoms with E-state index in [0.29, 0.717) is 19.8 Å². The van der Waals surface area contributed by atoms with Crippen LogP contribution >= 0.6 is 0 Å². The molecule has 0 fully saturated rings. The molecule has 0 aliphatic heterocycles. The fraction of sp³-hybridized carbons (Fsp3) is 0.448. The second-order valence-electron chi connectivity index (χ2n) is 12.0. The normalized spacial score (nSPS) is 12.0. The molecule has 0 saturated heterocycles. The lowest BCUT2D eigenvalue weighted by molar-refractivity contribution is 0.0871. The molecule has 8 heteroatoms. The summed E-state index contributed by atoms with van der Waals surface area (Å²) in [4.78, 5) is 21.7. The van der Waals surface area contributed by atoms with Crippen molar-refractivity contribution in [3.8, 4) is 0 Å². The van der Waals surface area contributed by atoms with Crippen LogP contribution in [-0.4, -0.2) is 43.7 Å². The third-order valence-corrected chi connectivity index (χ3v) is 7.59. The van der Waals surface area contributed by atoms with Crippen molar-refractivity contribution in [1.82, 2.24) is 9.55 Å². The Hall–Kier alpha value is -2.97. The predicted molar refractivity (Wildman–Crippen MR) is 152 cm³/mol. The quantitative estimate of drug-likeness (QED) is 0.208. The van der Waals surface area contributed by atoms with Crippen LogP contribution in [0.3, 0.4) is 0 Å². The summed E-state index contributed by atoms with van der Waals surface area (Å²) >= 11 is 0. The van der Waals surface area contributed by atoms with Crippen LogP contribution in [0.5, 0.6) is 0 Å². The molecule has 2 aromatic carbocycles. The Morgan fingerprint density at radius 1 is 1.08 bits per heavy atom. The topological polar surface area (TPSA) is 50.6 Å². The van der Waals surface area contributed by atoms with Crippen molar-refractivity contribution in [3.63, 3.8) is 0 Å². The minimum Gasteiger partial charge on any atom is -0.369 e. The van der Waals surface area contributed by atoms with Gasteiger partial charge in [-0.15, -0.1) is 0 Å². The molecular formula is C29H41FN4O2Si. The molecule has 0 aliphatic rings. The monoisotopic (exact) mass is 524 g/mol. The maximum atomic E-state index is 14.5. The van der Waals surface area contributed by atoms with Crippen LogP contribution in [0.1, 0.15) is 36.8 Å². The van der Waals surface area contributed by atoms with Crippen molar-refractivity contribution < 1.29 is 13.9 Å². The largest absolute Gasteiger partial charge is 0.369 e. The number of aromatic nitrogens is 2. The summed E-state index contributed by atoms with van der Waals surface area (Å²) in [5.41, 5.74) is 2.50. The van der Waals surface area contributed by atoms with E-state index in [1.54, 1.807) is 23.4 Å². The molecule has 0 saturated carbocycles. The van der Waals surface area contributed by atoms with Crippen LogP contribution in [0.15, 0.2) is 61.1 Å². The molecule has 0 aliphatic carbocycles. The van der Waals surface area contributed by atoms with Crippen molar-refractivity contribution in [2.75, 3.05) is 30.0 Å². The average molecular weight is 525 g/mol. The molecule has 3 rings (SSSR count). The highest BCUT2D eigenvalue weighted by Crippen LogP contribution is 2.28. The van der Waals surface area contributed by atoms with Crippen LogP contribution in [0.2, 0.25) is 25.7 Å². The van der Waals surface area contributed by atoms with Gasteiger partial charge in [0.25, 0.3) is 5.91 Å². The smallest absolute Gasteiger partial charge is 0.261 e. The van der Waals surface area contributed by atoms with Gasteiger partial charge in [0.2, 0.25) is 0 Å². The summed E-state index contributed by atoms with van der Waals surface area (Å²) in [5.74, 6) is -0.861. The zero-order chi connectivity index (χ0) is 27.2. The Morgan fingerprint density at radius 3 is 2.46 bits per heavy atom. The number of hydrogen-bond acceptors (Lipinski definition) is 4. The van der Waals surface area contributed by atoms with E-state index in [2.05, 4.69) is 50.3 Å². The number of hydrogen-bond donors (Lipinski definition) is 0. The van der Waals surface area contributed by atoms with E-state index in [1.165, 1.54) is 12.1 Å². The highest BCUT2D eigenvalue weighted by atomic mass is 28.3. The van der Waals surface area contributed by atoms with Gasteiger partial charge < -0.3 is 19.1 Å². The summed E-state index contributed by atoms with van der Waals surface area (Å²) in [5, 5.41) is 0. The van der Waals surface area contributed by atoms with Crippen LogP contribution in [0.4, 0.5) is 15.8 Å². The molecule has 0 N–H and O–H groups in total. The average Bonchev–Trinajstić information content (AvgIpc) is 3.26. The van der Waals surface area contributed by atoms with Gasteiger partial charge in [-0.05, 0) is 41.8 Å². The number of anilines is 2. The van der Waals surface area contributed by atoms with Crippen molar-refractivity contribution in [2.45, 2.75) is 59.7 Å². The number of benzene rings is 2. The number of nitrogens with zero attached hydrogens (tertiary/aromatic N) is 4. The highest BCUT2D eigenvalue weighted by Gasteiger charge is 2.26. The Labute approximate surface area is 222 Å². The zero-order valence-corrected chi connectivity index (χ0v) is 24.3. The maximum absolute atomic E-state index is 14.5. The molecule has 0 unspecified atom stereocenters. The third-order valence-electron chi connectivity index (χ3n) is 5.89. The van der Waals surface area contributed by atoms with E-state index >= 15 is 0 Å². The summed E-state index contributed by atoms with van der Waals surface area (Å²) in [6.45, 7) is 15.5. The van der Waals surface area contributed by atoms with Gasteiger partial charge in [0.15, 0.2) is 0 Å².